The lowest BCUT2D eigenvalue weighted by Crippen LogP contribution is -2.26. The Morgan fingerprint density at radius 3 is 2.70 bits per heavy atom. The first-order valence-electron chi connectivity index (χ1n) is 6.04. The molecular weight excluding hydrogens is 316 g/mol. The van der Waals surface area contributed by atoms with Crippen molar-refractivity contribution in [3.05, 3.63) is 51.2 Å². The molecule has 0 bridgehead atoms. The lowest BCUT2D eigenvalue weighted by atomic mass is 10.2. The first-order chi connectivity index (χ1) is 9.51. The molecule has 0 aliphatic heterocycles. The highest BCUT2D eigenvalue weighted by molar-refractivity contribution is 7.89. The number of nitrogens with one attached hydrogen (secondary N) is 1. The van der Waals surface area contributed by atoms with Gasteiger partial charge in [0.1, 0.15) is 0 Å². The Bertz CT molecular complexity index is 683. The summed E-state index contributed by atoms with van der Waals surface area (Å²) >= 11 is 7.28. The van der Waals surface area contributed by atoms with Crippen LogP contribution in [0.1, 0.15) is 10.4 Å². The van der Waals surface area contributed by atoms with Gasteiger partial charge in [-0.05, 0) is 36.2 Å². The minimum atomic E-state index is -3.49. The Balaban J connectivity index is 2.00. The van der Waals surface area contributed by atoms with Crippen LogP contribution in [-0.2, 0) is 23.0 Å². The van der Waals surface area contributed by atoms with E-state index in [4.69, 9.17) is 17.3 Å². The minimum Gasteiger partial charge on any atom is -0.326 e. The van der Waals surface area contributed by atoms with Crippen LogP contribution in [0.2, 0.25) is 4.34 Å². The van der Waals surface area contributed by atoms with Crippen LogP contribution < -0.4 is 10.5 Å². The van der Waals surface area contributed by atoms with E-state index in [0.29, 0.717) is 23.8 Å². The lowest BCUT2D eigenvalue weighted by Gasteiger charge is -2.07. The van der Waals surface area contributed by atoms with Crippen LogP contribution in [0.5, 0.6) is 0 Å². The third-order valence-electron chi connectivity index (χ3n) is 2.74. The number of rotatable bonds is 6. The molecule has 2 aromatic rings. The maximum Gasteiger partial charge on any atom is 0.240 e. The second kappa shape index (κ2) is 6.69. The van der Waals surface area contributed by atoms with E-state index in [-0.39, 0.29) is 4.90 Å². The smallest absolute Gasteiger partial charge is 0.240 e. The minimum absolute atomic E-state index is 0.240. The summed E-state index contributed by atoms with van der Waals surface area (Å²) in [6.45, 7) is 0.656. The molecule has 108 valence electrons. The molecule has 0 fully saturated rings. The van der Waals surface area contributed by atoms with Crippen molar-refractivity contribution in [3.63, 3.8) is 0 Å². The summed E-state index contributed by atoms with van der Waals surface area (Å²) in [5.41, 5.74) is 6.30. The zero-order valence-electron chi connectivity index (χ0n) is 10.7. The molecule has 0 spiro atoms. The van der Waals surface area contributed by atoms with Crippen molar-refractivity contribution in [2.75, 3.05) is 6.54 Å². The van der Waals surface area contributed by atoms with Crippen LogP contribution in [0.4, 0.5) is 0 Å². The van der Waals surface area contributed by atoms with Gasteiger partial charge in [0.05, 0.1) is 9.23 Å². The van der Waals surface area contributed by atoms with Gasteiger partial charge in [0.15, 0.2) is 0 Å². The van der Waals surface area contributed by atoms with E-state index in [2.05, 4.69) is 4.72 Å². The Morgan fingerprint density at radius 2 is 2.05 bits per heavy atom. The largest absolute Gasteiger partial charge is 0.326 e. The van der Waals surface area contributed by atoms with Gasteiger partial charge in [-0.2, -0.15) is 0 Å². The molecule has 0 aliphatic rings. The van der Waals surface area contributed by atoms with Gasteiger partial charge in [-0.1, -0.05) is 23.7 Å². The second-order valence-electron chi connectivity index (χ2n) is 4.21. The van der Waals surface area contributed by atoms with E-state index in [1.54, 1.807) is 30.3 Å². The molecule has 1 aromatic carbocycles. The van der Waals surface area contributed by atoms with Crippen molar-refractivity contribution in [1.29, 1.82) is 0 Å². The third-order valence-corrected chi connectivity index (χ3v) is 5.49. The van der Waals surface area contributed by atoms with Crippen molar-refractivity contribution in [2.24, 2.45) is 5.73 Å². The van der Waals surface area contributed by atoms with Gasteiger partial charge in [-0.25, -0.2) is 13.1 Å². The molecule has 0 radical (unpaired) electrons. The van der Waals surface area contributed by atoms with Crippen molar-refractivity contribution in [3.8, 4) is 0 Å². The summed E-state index contributed by atoms with van der Waals surface area (Å²) in [5, 5.41) is 0. The molecule has 7 heteroatoms. The van der Waals surface area contributed by atoms with Crippen LogP contribution in [0.15, 0.2) is 41.3 Å². The first-order valence-corrected chi connectivity index (χ1v) is 8.72. The van der Waals surface area contributed by atoms with Crippen LogP contribution >= 0.6 is 22.9 Å². The standard InChI is InChI=1S/C13H15ClN2O2S2/c14-13-5-4-11(19-13)6-7-16-20(17,18)12-3-1-2-10(8-12)9-15/h1-5,8,16H,6-7,9,15H2. The fourth-order valence-electron chi connectivity index (χ4n) is 1.72. The molecule has 3 N–H and O–H groups in total. The van der Waals surface area contributed by atoms with Crippen molar-refractivity contribution in [1.82, 2.24) is 4.72 Å². The number of benzene rings is 1. The van der Waals surface area contributed by atoms with Gasteiger partial charge in [0.25, 0.3) is 0 Å². The highest BCUT2D eigenvalue weighted by atomic mass is 35.5. The lowest BCUT2D eigenvalue weighted by molar-refractivity contribution is 0.581. The number of hydrogen-bond acceptors (Lipinski definition) is 4. The molecule has 0 saturated carbocycles. The van der Waals surface area contributed by atoms with Crippen LogP contribution in [0.3, 0.4) is 0 Å². The summed E-state index contributed by atoms with van der Waals surface area (Å²) in [5.74, 6) is 0. The zero-order chi connectivity index (χ0) is 14.6. The number of sulfonamides is 1. The van der Waals surface area contributed by atoms with E-state index in [0.717, 1.165) is 10.4 Å². The normalized spacial score (nSPS) is 11.7. The van der Waals surface area contributed by atoms with E-state index in [1.807, 2.05) is 6.07 Å². The van der Waals surface area contributed by atoms with Crippen molar-refractivity contribution in [2.45, 2.75) is 17.9 Å². The highest BCUT2D eigenvalue weighted by Gasteiger charge is 2.13. The average Bonchev–Trinajstić information content (AvgIpc) is 2.84. The van der Waals surface area contributed by atoms with E-state index in [9.17, 15) is 8.42 Å². The molecule has 0 amide bonds. The van der Waals surface area contributed by atoms with Crippen LogP contribution in [-0.4, -0.2) is 15.0 Å². The molecule has 0 atom stereocenters. The third kappa shape index (κ3) is 4.04. The van der Waals surface area contributed by atoms with Gasteiger partial charge in [-0.3, -0.25) is 0 Å². The van der Waals surface area contributed by atoms with Crippen LogP contribution in [0, 0.1) is 0 Å². The number of thiophene rings is 1. The van der Waals surface area contributed by atoms with Gasteiger partial charge < -0.3 is 5.73 Å². The van der Waals surface area contributed by atoms with Crippen molar-refractivity contribution < 1.29 is 8.42 Å². The van der Waals surface area contributed by atoms with E-state index in [1.165, 1.54) is 11.3 Å². The number of nitrogens with two attached hydrogens (primary N) is 1. The molecule has 0 unspecified atom stereocenters. The van der Waals surface area contributed by atoms with E-state index < -0.39 is 10.0 Å². The quantitative estimate of drug-likeness (QED) is 0.854. The van der Waals surface area contributed by atoms with Gasteiger partial charge in [-0.15, -0.1) is 11.3 Å². The summed E-state index contributed by atoms with van der Waals surface area (Å²) in [4.78, 5) is 1.29. The molecule has 2 rings (SSSR count). The molecule has 0 saturated heterocycles. The molecule has 4 nitrogen and oxygen atoms in total. The predicted molar refractivity (Wildman–Crippen MR) is 82.6 cm³/mol. The van der Waals surface area contributed by atoms with Gasteiger partial charge in [0.2, 0.25) is 10.0 Å². The molecule has 1 aromatic heterocycles. The number of halogens is 1. The summed E-state index contributed by atoms with van der Waals surface area (Å²) in [6, 6.07) is 10.3. The SMILES string of the molecule is NCc1cccc(S(=O)(=O)NCCc2ccc(Cl)s2)c1. The average molecular weight is 331 g/mol. The Labute approximate surface area is 127 Å². The molecule has 0 aliphatic carbocycles. The summed E-state index contributed by atoms with van der Waals surface area (Å²) in [6.07, 6.45) is 0.618. The topological polar surface area (TPSA) is 72.2 Å². The second-order valence-corrected chi connectivity index (χ2v) is 7.77. The maximum atomic E-state index is 12.1. The van der Waals surface area contributed by atoms with Gasteiger partial charge in [0, 0.05) is 18.0 Å². The molecular formula is C13H15ClN2O2S2. The summed E-state index contributed by atoms with van der Waals surface area (Å²) < 4.78 is 27.5. The molecule has 1 heterocycles. The fourth-order valence-corrected chi connectivity index (χ4v) is 3.91. The highest BCUT2D eigenvalue weighted by Crippen LogP contribution is 2.21. The number of hydrogen-bond donors (Lipinski definition) is 2. The summed E-state index contributed by atoms with van der Waals surface area (Å²) in [7, 11) is -3.49. The Kier molecular flexibility index (Phi) is 5.17. The van der Waals surface area contributed by atoms with Crippen molar-refractivity contribution >= 4 is 33.0 Å². The first kappa shape index (κ1) is 15.5. The predicted octanol–water partition coefficient (Wildman–Crippen LogP) is 2.38. The maximum absolute atomic E-state index is 12.1. The van der Waals surface area contributed by atoms with Crippen LogP contribution in [0.25, 0.3) is 0 Å². The van der Waals surface area contributed by atoms with E-state index >= 15 is 0 Å². The fraction of sp³-hybridized carbons (Fsp3) is 0.231. The Morgan fingerprint density at radius 1 is 1.25 bits per heavy atom. The zero-order valence-corrected chi connectivity index (χ0v) is 13.1. The molecule has 20 heavy (non-hydrogen) atoms. The van der Waals surface area contributed by atoms with Gasteiger partial charge >= 0.3 is 0 Å². The Hall–Kier alpha value is -0.920. The monoisotopic (exact) mass is 330 g/mol.